The molecule has 2 aromatic rings. The lowest BCUT2D eigenvalue weighted by molar-refractivity contribution is 0.508. The molecule has 1 aromatic heterocycles. The lowest BCUT2D eigenvalue weighted by Gasteiger charge is -2.20. The summed E-state index contributed by atoms with van der Waals surface area (Å²) in [6, 6.07) is 10.2. The van der Waals surface area contributed by atoms with Crippen molar-refractivity contribution in [2.45, 2.75) is 32.7 Å². The lowest BCUT2D eigenvalue weighted by atomic mass is 10.1. The van der Waals surface area contributed by atoms with E-state index in [4.69, 9.17) is 5.73 Å². The van der Waals surface area contributed by atoms with Crippen molar-refractivity contribution in [2.75, 3.05) is 6.54 Å². The van der Waals surface area contributed by atoms with Crippen molar-refractivity contribution in [3.8, 4) is 10.6 Å². The highest BCUT2D eigenvalue weighted by Gasteiger charge is 2.09. The molecule has 0 unspecified atom stereocenters. The van der Waals surface area contributed by atoms with E-state index in [1.165, 1.54) is 0 Å². The first-order chi connectivity index (χ1) is 9.94. The molecule has 0 aliphatic heterocycles. The lowest BCUT2D eigenvalue weighted by Crippen LogP contribution is -2.45. The van der Waals surface area contributed by atoms with Gasteiger partial charge in [-0.05, 0) is 20.8 Å². The van der Waals surface area contributed by atoms with Crippen LogP contribution in [0.4, 0.5) is 0 Å². The Labute approximate surface area is 153 Å². The maximum Gasteiger partial charge on any atom is 0.188 e. The molecule has 0 atom stereocenters. The summed E-state index contributed by atoms with van der Waals surface area (Å²) in [6.45, 7) is 6.82. The van der Waals surface area contributed by atoms with Crippen molar-refractivity contribution in [2.24, 2.45) is 10.7 Å². The maximum atomic E-state index is 5.84. The SMILES string of the molecule is CC(C)(C)NC(N)=NCCc1csc(-c2ccccc2)n1.I. The van der Waals surface area contributed by atoms with Crippen molar-refractivity contribution in [3.63, 3.8) is 0 Å². The fraction of sp³-hybridized carbons (Fsp3) is 0.375. The van der Waals surface area contributed by atoms with Crippen molar-refractivity contribution < 1.29 is 0 Å². The summed E-state index contributed by atoms with van der Waals surface area (Å²) >= 11 is 1.67. The zero-order valence-electron chi connectivity index (χ0n) is 13.2. The zero-order chi connectivity index (χ0) is 15.3. The highest BCUT2D eigenvalue weighted by atomic mass is 127. The van der Waals surface area contributed by atoms with Crippen LogP contribution in [-0.4, -0.2) is 23.0 Å². The molecule has 0 saturated carbocycles. The van der Waals surface area contributed by atoms with Gasteiger partial charge in [0.25, 0.3) is 0 Å². The number of hydrogen-bond acceptors (Lipinski definition) is 3. The van der Waals surface area contributed by atoms with Gasteiger partial charge >= 0.3 is 0 Å². The number of nitrogens with one attached hydrogen (secondary N) is 1. The smallest absolute Gasteiger partial charge is 0.188 e. The van der Waals surface area contributed by atoms with E-state index < -0.39 is 0 Å². The normalized spacial score (nSPS) is 11.9. The van der Waals surface area contributed by atoms with Gasteiger partial charge in [-0.3, -0.25) is 4.99 Å². The van der Waals surface area contributed by atoms with E-state index >= 15 is 0 Å². The fourth-order valence-corrected chi connectivity index (χ4v) is 2.71. The average Bonchev–Trinajstić information content (AvgIpc) is 2.86. The van der Waals surface area contributed by atoms with Crippen LogP contribution < -0.4 is 11.1 Å². The summed E-state index contributed by atoms with van der Waals surface area (Å²) < 4.78 is 0. The number of halogens is 1. The summed E-state index contributed by atoms with van der Waals surface area (Å²) in [5, 5.41) is 6.29. The number of thiazole rings is 1. The van der Waals surface area contributed by atoms with Gasteiger partial charge in [-0.25, -0.2) is 4.98 Å². The van der Waals surface area contributed by atoms with E-state index in [0.29, 0.717) is 12.5 Å². The van der Waals surface area contributed by atoms with E-state index in [2.05, 4.69) is 53.6 Å². The highest BCUT2D eigenvalue weighted by Crippen LogP contribution is 2.23. The molecule has 0 aliphatic rings. The number of nitrogens with zero attached hydrogens (tertiary/aromatic N) is 2. The molecule has 1 aromatic carbocycles. The summed E-state index contributed by atoms with van der Waals surface area (Å²) in [4.78, 5) is 8.97. The van der Waals surface area contributed by atoms with Gasteiger partial charge < -0.3 is 11.1 Å². The minimum Gasteiger partial charge on any atom is -0.370 e. The van der Waals surface area contributed by atoms with E-state index in [9.17, 15) is 0 Å². The second-order valence-corrected chi connectivity index (χ2v) is 6.76. The molecule has 1 heterocycles. The number of aromatic nitrogens is 1. The van der Waals surface area contributed by atoms with Crippen LogP contribution in [-0.2, 0) is 6.42 Å². The summed E-state index contributed by atoms with van der Waals surface area (Å²) in [5.41, 5.74) is 8.00. The van der Waals surface area contributed by atoms with Crippen LogP contribution in [0.3, 0.4) is 0 Å². The quantitative estimate of drug-likeness (QED) is 0.442. The van der Waals surface area contributed by atoms with Gasteiger partial charge in [0.2, 0.25) is 0 Å². The molecule has 0 amide bonds. The number of guanidine groups is 1. The van der Waals surface area contributed by atoms with Crippen LogP contribution in [0.2, 0.25) is 0 Å². The minimum absolute atomic E-state index is 0. The van der Waals surface area contributed by atoms with Crippen molar-refractivity contribution in [3.05, 3.63) is 41.4 Å². The van der Waals surface area contributed by atoms with E-state index in [-0.39, 0.29) is 29.5 Å². The molecular weight excluding hydrogens is 407 g/mol. The maximum absolute atomic E-state index is 5.84. The Kier molecular flexibility index (Phi) is 7.28. The second-order valence-electron chi connectivity index (χ2n) is 5.90. The van der Waals surface area contributed by atoms with Crippen LogP contribution in [0.5, 0.6) is 0 Å². The molecule has 3 N–H and O–H groups in total. The standard InChI is InChI=1S/C16H22N4S.HI/c1-16(2,3)20-15(17)18-10-9-13-11-21-14(19-13)12-7-5-4-6-8-12;/h4-8,11H,9-10H2,1-3H3,(H3,17,18,20);1H. The Hall–Kier alpha value is -1.15. The van der Waals surface area contributed by atoms with Crippen molar-refractivity contribution in [1.82, 2.24) is 10.3 Å². The van der Waals surface area contributed by atoms with Crippen molar-refractivity contribution in [1.29, 1.82) is 0 Å². The third-order valence-electron chi connectivity index (χ3n) is 2.73. The third-order valence-corrected chi connectivity index (χ3v) is 3.67. The van der Waals surface area contributed by atoms with Crippen molar-refractivity contribution >= 4 is 41.3 Å². The Morgan fingerprint density at radius 3 is 2.59 bits per heavy atom. The van der Waals surface area contributed by atoms with Gasteiger partial charge in [-0.2, -0.15) is 0 Å². The summed E-state index contributed by atoms with van der Waals surface area (Å²) in [7, 11) is 0. The first-order valence-electron chi connectivity index (χ1n) is 7.02. The van der Waals surface area contributed by atoms with E-state index in [0.717, 1.165) is 22.7 Å². The summed E-state index contributed by atoms with van der Waals surface area (Å²) in [5.74, 6) is 0.487. The molecule has 22 heavy (non-hydrogen) atoms. The van der Waals surface area contributed by atoms with Crippen LogP contribution in [0.15, 0.2) is 40.7 Å². The Balaban J connectivity index is 0.00000242. The topological polar surface area (TPSA) is 63.3 Å². The number of nitrogens with two attached hydrogens (primary N) is 1. The van der Waals surface area contributed by atoms with Crippen LogP contribution in [0.1, 0.15) is 26.5 Å². The molecule has 0 radical (unpaired) electrons. The largest absolute Gasteiger partial charge is 0.370 e. The highest BCUT2D eigenvalue weighted by molar-refractivity contribution is 14.0. The van der Waals surface area contributed by atoms with E-state index in [1.54, 1.807) is 11.3 Å². The Bertz CT molecular complexity index is 602. The number of aliphatic imine (C=N–C) groups is 1. The predicted molar refractivity (Wildman–Crippen MR) is 106 cm³/mol. The third kappa shape index (κ3) is 6.31. The molecule has 120 valence electrons. The first-order valence-corrected chi connectivity index (χ1v) is 7.90. The molecule has 2 rings (SSSR count). The van der Waals surface area contributed by atoms with Gasteiger partial charge in [-0.1, -0.05) is 30.3 Å². The predicted octanol–water partition coefficient (Wildman–Crippen LogP) is 3.67. The molecule has 6 heteroatoms. The van der Waals surface area contributed by atoms with Crippen LogP contribution in [0, 0.1) is 0 Å². The van der Waals surface area contributed by atoms with Gasteiger partial charge in [0.15, 0.2) is 5.96 Å². The zero-order valence-corrected chi connectivity index (χ0v) is 16.3. The molecule has 4 nitrogen and oxygen atoms in total. The molecule has 0 fully saturated rings. The van der Waals surface area contributed by atoms with Gasteiger partial charge in [0, 0.05) is 29.4 Å². The number of hydrogen-bond donors (Lipinski definition) is 2. The minimum atomic E-state index is -0.0608. The number of benzene rings is 1. The fourth-order valence-electron chi connectivity index (χ4n) is 1.85. The molecule has 0 aliphatic carbocycles. The number of rotatable bonds is 4. The van der Waals surface area contributed by atoms with Gasteiger partial charge in [-0.15, -0.1) is 35.3 Å². The van der Waals surface area contributed by atoms with E-state index in [1.807, 2.05) is 18.2 Å². The average molecular weight is 430 g/mol. The molecular formula is C16H23IN4S. The Morgan fingerprint density at radius 2 is 1.95 bits per heavy atom. The monoisotopic (exact) mass is 430 g/mol. The molecule has 0 saturated heterocycles. The van der Waals surface area contributed by atoms with Gasteiger partial charge in [0.1, 0.15) is 5.01 Å². The van der Waals surface area contributed by atoms with Gasteiger partial charge in [0.05, 0.1) is 5.69 Å². The molecule has 0 spiro atoms. The summed E-state index contributed by atoms with van der Waals surface area (Å²) in [6.07, 6.45) is 0.801. The first kappa shape index (κ1) is 18.9. The Morgan fingerprint density at radius 1 is 1.27 bits per heavy atom. The van der Waals surface area contributed by atoms with Crippen LogP contribution in [0.25, 0.3) is 10.6 Å². The second kappa shape index (κ2) is 8.47. The van der Waals surface area contributed by atoms with Crippen LogP contribution >= 0.6 is 35.3 Å². The molecule has 0 bridgehead atoms.